The summed E-state index contributed by atoms with van der Waals surface area (Å²) in [5.74, 6) is 0.797. The monoisotopic (exact) mass is 571 g/mol. The molecule has 0 fully saturated rings. The summed E-state index contributed by atoms with van der Waals surface area (Å²) >= 11 is 5.12. The lowest BCUT2D eigenvalue weighted by Crippen LogP contribution is -2.38. The van der Waals surface area contributed by atoms with Crippen molar-refractivity contribution < 1.29 is 4.74 Å². The molecule has 0 unspecified atom stereocenters. The Hall–Kier alpha value is -3.42. The summed E-state index contributed by atoms with van der Waals surface area (Å²) in [5, 5.41) is 0. The van der Waals surface area contributed by atoms with Crippen LogP contribution in [0.3, 0.4) is 0 Å². The molecule has 2 heterocycles. The van der Waals surface area contributed by atoms with Crippen LogP contribution in [0.1, 0.15) is 34.7 Å². The van der Waals surface area contributed by atoms with Crippen molar-refractivity contribution in [1.82, 2.24) is 4.57 Å². The quantitative estimate of drug-likeness (QED) is 0.340. The molecule has 0 amide bonds. The van der Waals surface area contributed by atoms with E-state index in [0.717, 1.165) is 50.4 Å². The molecule has 0 saturated carbocycles. The largest absolute Gasteiger partial charge is 0.497 e. The molecule has 186 valence electrons. The zero-order valence-electron chi connectivity index (χ0n) is 20.9. The highest BCUT2D eigenvalue weighted by Crippen LogP contribution is 2.41. The van der Waals surface area contributed by atoms with Gasteiger partial charge in [-0.2, -0.15) is 0 Å². The number of hydrogen-bond donors (Lipinski definition) is 0. The van der Waals surface area contributed by atoms with Crippen molar-refractivity contribution in [3.63, 3.8) is 0 Å². The first-order chi connectivity index (χ1) is 17.9. The summed E-state index contributed by atoms with van der Waals surface area (Å²) in [7, 11) is 5.69. The van der Waals surface area contributed by atoms with Crippen molar-refractivity contribution in [3.05, 3.63) is 119 Å². The van der Waals surface area contributed by atoms with Crippen LogP contribution in [-0.4, -0.2) is 25.8 Å². The molecule has 0 saturated heterocycles. The molecule has 3 aromatic carbocycles. The van der Waals surface area contributed by atoms with Gasteiger partial charge in [0.15, 0.2) is 4.80 Å². The number of methoxy groups -OCH3 is 1. The minimum Gasteiger partial charge on any atom is -0.497 e. The number of anilines is 1. The highest BCUT2D eigenvalue weighted by molar-refractivity contribution is 9.10. The van der Waals surface area contributed by atoms with Gasteiger partial charge in [0.2, 0.25) is 0 Å². The van der Waals surface area contributed by atoms with E-state index in [1.54, 1.807) is 7.11 Å². The van der Waals surface area contributed by atoms with E-state index < -0.39 is 0 Å². The first kappa shape index (κ1) is 23.9. The second-order valence-corrected chi connectivity index (χ2v) is 11.4. The van der Waals surface area contributed by atoms with Gasteiger partial charge >= 0.3 is 0 Å². The molecule has 4 aromatic rings. The number of hydrogen-bond acceptors (Lipinski definition) is 5. The maximum absolute atomic E-state index is 13.9. The smallest absolute Gasteiger partial charge is 0.271 e. The molecule has 37 heavy (non-hydrogen) atoms. The highest BCUT2D eigenvalue weighted by Gasteiger charge is 2.32. The fourth-order valence-corrected chi connectivity index (χ4v) is 6.99. The number of rotatable bonds is 4. The minimum atomic E-state index is -0.199. The molecule has 6 rings (SSSR count). The Morgan fingerprint density at radius 1 is 1.08 bits per heavy atom. The van der Waals surface area contributed by atoms with Crippen LogP contribution in [0, 0.1) is 0 Å². The van der Waals surface area contributed by atoms with Gasteiger partial charge in [-0.05, 0) is 81.4 Å². The van der Waals surface area contributed by atoms with Crippen molar-refractivity contribution >= 4 is 44.7 Å². The third-order valence-electron chi connectivity index (χ3n) is 7.06. The minimum absolute atomic E-state index is 0.0113. The topological polar surface area (TPSA) is 46.8 Å². The number of nitrogens with zero attached hydrogens (tertiary/aromatic N) is 3. The summed E-state index contributed by atoms with van der Waals surface area (Å²) in [6.07, 6.45) is 3.78. The van der Waals surface area contributed by atoms with Crippen molar-refractivity contribution in [2.45, 2.75) is 18.9 Å². The van der Waals surface area contributed by atoms with Crippen LogP contribution >= 0.6 is 27.3 Å². The summed E-state index contributed by atoms with van der Waals surface area (Å²) in [5.41, 5.74) is 7.79. The number of ether oxygens (including phenoxy) is 1. The molecule has 5 nitrogen and oxygen atoms in total. The number of benzene rings is 3. The van der Waals surface area contributed by atoms with Gasteiger partial charge in [0.25, 0.3) is 5.56 Å². The van der Waals surface area contributed by atoms with E-state index in [1.807, 2.05) is 42.9 Å². The molecule has 0 bridgehead atoms. The molecule has 0 radical (unpaired) electrons. The number of halogens is 1. The van der Waals surface area contributed by atoms with E-state index in [9.17, 15) is 4.79 Å². The summed E-state index contributed by atoms with van der Waals surface area (Å²) in [4.78, 5) is 21.8. The number of allylic oxidation sites excluding steroid dienone is 1. The molecule has 1 aromatic heterocycles. The molecular formula is C30H26BrN3O2S. The zero-order valence-corrected chi connectivity index (χ0v) is 23.3. The number of thiazole rings is 1. The number of aryl methyl sites for hydroxylation is 1. The van der Waals surface area contributed by atoms with Crippen LogP contribution in [0.5, 0.6) is 5.75 Å². The first-order valence-corrected chi connectivity index (χ1v) is 13.8. The third-order valence-corrected chi connectivity index (χ3v) is 8.67. The lowest BCUT2D eigenvalue weighted by Gasteiger charge is -2.30. The fourth-order valence-electron chi connectivity index (χ4n) is 5.24. The number of fused-ring (bicyclic) bond motifs is 3. The standard InChI is InChI=1S/C30H26BrN3O2S/c1-33(2)25-15-8-18(16-24(25)31)17-26-29(35)34-28(20-9-12-21(36-3)13-10-20)23-14-11-19-6-4-5-7-22(19)27(23)32-30(34)37-26/h4-10,12-13,15-17,28H,11,14H2,1-3H3/b26-17-/t28-/m0/s1. The van der Waals surface area contributed by atoms with E-state index in [0.29, 0.717) is 4.53 Å². The summed E-state index contributed by atoms with van der Waals surface area (Å²) in [6, 6.07) is 22.5. The Balaban J connectivity index is 1.56. The van der Waals surface area contributed by atoms with Crippen LogP contribution < -0.4 is 24.5 Å². The van der Waals surface area contributed by atoms with E-state index in [4.69, 9.17) is 9.73 Å². The van der Waals surface area contributed by atoms with Crippen molar-refractivity contribution in [3.8, 4) is 5.75 Å². The van der Waals surface area contributed by atoms with E-state index >= 15 is 0 Å². The van der Waals surface area contributed by atoms with Gasteiger partial charge in [-0.25, -0.2) is 4.99 Å². The fraction of sp³-hybridized carbons (Fsp3) is 0.200. The summed E-state index contributed by atoms with van der Waals surface area (Å²) in [6.45, 7) is 0. The second-order valence-electron chi connectivity index (χ2n) is 9.49. The predicted octanol–water partition coefficient (Wildman–Crippen LogP) is 5.16. The summed E-state index contributed by atoms with van der Waals surface area (Å²) < 4.78 is 8.94. The van der Waals surface area contributed by atoms with Gasteiger partial charge in [-0.3, -0.25) is 9.36 Å². The molecule has 1 aliphatic heterocycles. The average molecular weight is 573 g/mol. The van der Waals surface area contributed by atoms with Gasteiger partial charge in [0.1, 0.15) is 5.75 Å². The van der Waals surface area contributed by atoms with Gasteiger partial charge in [0.05, 0.1) is 29.1 Å². The predicted molar refractivity (Wildman–Crippen MR) is 154 cm³/mol. The van der Waals surface area contributed by atoms with Crippen molar-refractivity contribution in [1.29, 1.82) is 0 Å². The van der Waals surface area contributed by atoms with Crippen molar-refractivity contribution in [2.24, 2.45) is 4.99 Å². The molecule has 7 heteroatoms. The maximum atomic E-state index is 13.9. The van der Waals surface area contributed by atoms with Gasteiger partial charge < -0.3 is 9.64 Å². The number of aromatic nitrogens is 1. The molecule has 1 atom stereocenters. The Morgan fingerprint density at radius 2 is 1.86 bits per heavy atom. The molecule has 2 aliphatic rings. The lowest BCUT2D eigenvalue weighted by atomic mass is 9.83. The Labute approximate surface area is 227 Å². The molecular weight excluding hydrogens is 546 g/mol. The van der Waals surface area contributed by atoms with Crippen molar-refractivity contribution in [2.75, 3.05) is 26.1 Å². The molecule has 0 spiro atoms. The Morgan fingerprint density at radius 3 is 2.59 bits per heavy atom. The molecule has 1 aliphatic carbocycles. The lowest BCUT2D eigenvalue weighted by molar-refractivity contribution is 0.414. The van der Waals surface area contributed by atoms with Crippen LogP contribution in [0.2, 0.25) is 0 Å². The van der Waals surface area contributed by atoms with Gasteiger partial charge in [0, 0.05) is 24.1 Å². The van der Waals surface area contributed by atoms with Crippen LogP contribution in [0.4, 0.5) is 5.69 Å². The second kappa shape index (κ2) is 9.47. The zero-order chi connectivity index (χ0) is 25.7. The molecule has 0 N–H and O–H groups in total. The normalized spacial score (nSPS) is 16.5. The van der Waals surface area contributed by atoms with E-state index in [2.05, 4.69) is 69.4 Å². The average Bonchev–Trinajstić information content (AvgIpc) is 3.21. The van der Waals surface area contributed by atoms with Crippen LogP contribution in [-0.2, 0) is 6.42 Å². The Kier molecular flexibility index (Phi) is 6.13. The highest BCUT2D eigenvalue weighted by atomic mass is 79.9. The third kappa shape index (κ3) is 4.16. The maximum Gasteiger partial charge on any atom is 0.271 e. The van der Waals surface area contributed by atoms with Gasteiger partial charge in [-0.15, -0.1) is 0 Å². The Bertz CT molecular complexity index is 1730. The van der Waals surface area contributed by atoms with Crippen LogP contribution in [0.15, 0.2) is 86.6 Å². The van der Waals surface area contributed by atoms with Gasteiger partial charge in [-0.1, -0.05) is 53.8 Å². The van der Waals surface area contributed by atoms with E-state index in [1.165, 1.54) is 28.0 Å². The van der Waals surface area contributed by atoms with E-state index in [-0.39, 0.29) is 11.6 Å². The first-order valence-electron chi connectivity index (χ1n) is 12.2. The SMILES string of the molecule is COc1ccc([C@H]2C3=C(N=c4s/c(=C\c5ccc(N(C)C)c(Br)c5)c(=O)n42)c2ccccc2CC3)cc1. The van der Waals surface area contributed by atoms with Crippen LogP contribution in [0.25, 0.3) is 11.8 Å².